The summed E-state index contributed by atoms with van der Waals surface area (Å²) >= 11 is 0. The molecule has 0 saturated heterocycles. The minimum absolute atomic E-state index is 0.703. The molecule has 0 spiro atoms. The van der Waals surface area contributed by atoms with Gasteiger partial charge in [0.15, 0.2) is 12.7 Å². The minimum atomic E-state index is 0.703. The molecule has 1 aromatic rings. The molecule has 0 atom stereocenters. The summed E-state index contributed by atoms with van der Waals surface area (Å²) in [6.45, 7) is 4.73. The van der Waals surface area contributed by atoms with Crippen molar-refractivity contribution < 1.29 is 4.68 Å². The third-order valence-electron chi connectivity index (χ3n) is 1.53. The van der Waals surface area contributed by atoms with E-state index < -0.39 is 0 Å². The van der Waals surface area contributed by atoms with Gasteiger partial charge in [0.2, 0.25) is 0 Å². The third-order valence-corrected chi connectivity index (χ3v) is 1.53. The molecule has 0 fully saturated rings. The van der Waals surface area contributed by atoms with Crippen LogP contribution in [0.15, 0.2) is 18.5 Å². The van der Waals surface area contributed by atoms with E-state index in [1.807, 2.05) is 12.3 Å². The van der Waals surface area contributed by atoms with E-state index in [1.54, 1.807) is 0 Å². The maximum atomic E-state index is 5.41. The Kier molecular flexibility index (Phi) is 2.45. The van der Waals surface area contributed by atoms with Crippen LogP contribution in [0.5, 0.6) is 0 Å². The number of rotatable bonds is 3. The molecule has 56 valence electrons. The van der Waals surface area contributed by atoms with Gasteiger partial charge in [-0.3, -0.25) is 0 Å². The van der Waals surface area contributed by atoms with Crippen LogP contribution in [0.4, 0.5) is 0 Å². The van der Waals surface area contributed by atoms with Gasteiger partial charge in [-0.25, -0.2) is 0 Å². The Morgan fingerprint density at radius 3 is 3.00 bits per heavy atom. The van der Waals surface area contributed by atoms with E-state index in [9.17, 15) is 0 Å². The summed E-state index contributed by atoms with van der Waals surface area (Å²) in [5, 5.41) is 0. The van der Waals surface area contributed by atoms with Crippen LogP contribution in [-0.2, 0) is 13.1 Å². The molecular weight excluding hydrogens is 126 g/mol. The maximum absolute atomic E-state index is 5.41. The Bertz CT molecular complexity index is 192. The summed E-state index contributed by atoms with van der Waals surface area (Å²) in [6.07, 6.45) is 4.09. The second-order valence-electron chi connectivity index (χ2n) is 2.20. The standard InChI is InChI=1S/C7H14N3/c1-2-9-5-3-6-10(9)7-4-8/h3,5-6H,2,4,7-8H2,1H3/q+1. The molecule has 1 rings (SSSR count). The molecule has 10 heavy (non-hydrogen) atoms. The number of nitrogens with two attached hydrogens (primary N) is 1. The summed E-state index contributed by atoms with van der Waals surface area (Å²) in [7, 11) is 0. The first kappa shape index (κ1) is 7.28. The first-order chi connectivity index (χ1) is 4.88. The van der Waals surface area contributed by atoms with Gasteiger partial charge in [0.05, 0.1) is 19.3 Å². The minimum Gasteiger partial charge on any atom is -0.325 e. The van der Waals surface area contributed by atoms with Crippen molar-refractivity contribution in [1.82, 2.24) is 4.68 Å². The zero-order valence-electron chi connectivity index (χ0n) is 6.33. The van der Waals surface area contributed by atoms with Crippen molar-refractivity contribution in [2.75, 3.05) is 6.54 Å². The molecule has 0 radical (unpaired) electrons. The highest BCUT2D eigenvalue weighted by molar-refractivity contribution is 4.70. The normalized spacial score (nSPS) is 10.2. The number of hydrogen-bond acceptors (Lipinski definition) is 1. The Labute approximate surface area is 61.0 Å². The summed E-state index contributed by atoms with van der Waals surface area (Å²) in [6, 6.07) is 2.03. The topological polar surface area (TPSA) is 34.8 Å². The zero-order valence-corrected chi connectivity index (χ0v) is 6.33. The second-order valence-corrected chi connectivity index (χ2v) is 2.20. The Morgan fingerprint density at radius 1 is 1.60 bits per heavy atom. The van der Waals surface area contributed by atoms with Crippen molar-refractivity contribution in [3.05, 3.63) is 18.5 Å². The van der Waals surface area contributed by atoms with Gasteiger partial charge in [0, 0.05) is 6.07 Å². The predicted octanol–water partition coefficient (Wildman–Crippen LogP) is -0.246. The fourth-order valence-corrected chi connectivity index (χ4v) is 1.03. The van der Waals surface area contributed by atoms with Gasteiger partial charge in [0.1, 0.15) is 0 Å². The van der Waals surface area contributed by atoms with E-state index in [-0.39, 0.29) is 0 Å². The predicted molar refractivity (Wildman–Crippen MR) is 39.4 cm³/mol. The van der Waals surface area contributed by atoms with Crippen LogP contribution in [0.2, 0.25) is 0 Å². The van der Waals surface area contributed by atoms with Gasteiger partial charge in [-0.1, -0.05) is 0 Å². The SMILES string of the molecule is CCn1ccc[n+]1CCN. The molecule has 0 aliphatic carbocycles. The van der Waals surface area contributed by atoms with Gasteiger partial charge < -0.3 is 5.73 Å². The van der Waals surface area contributed by atoms with Gasteiger partial charge in [-0.15, -0.1) is 4.68 Å². The van der Waals surface area contributed by atoms with E-state index >= 15 is 0 Å². The summed E-state index contributed by atoms with van der Waals surface area (Å²) in [4.78, 5) is 0. The van der Waals surface area contributed by atoms with Crippen LogP contribution in [0.25, 0.3) is 0 Å². The lowest BCUT2D eigenvalue weighted by molar-refractivity contribution is -0.773. The lowest BCUT2D eigenvalue weighted by Crippen LogP contribution is -2.44. The molecule has 3 nitrogen and oxygen atoms in total. The molecule has 1 heterocycles. The van der Waals surface area contributed by atoms with Crippen molar-refractivity contribution >= 4 is 0 Å². The molecule has 3 heteroatoms. The molecule has 0 aliphatic rings. The number of aromatic nitrogens is 2. The van der Waals surface area contributed by atoms with Crippen LogP contribution >= 0.6 is 0 Å². The third kappa shape index (κ3) is 1.36. The quantitative estimate of drug-likeness (QED) is 0.577. The summed E-state index contributed by atoms with van der Waals surface area (Å²) < 4.78 is 4.24. The van der Waals surface area contributed by atoms with E-state index in [4.69, 9.17) is 5.73 Å². The van der Waals surface area contributed by atoms with E-state index in [2.05, 4.69) is 22.5 Å². The average molecular weight is 140 g/mol. The van der Waals surface area contributed by atoms with Crippen molar-refractivity contribution in [3.63, 3.8) is 0 Å². The van der Waals surface area contributed by atoms with Gasteiger partial charge in [-0.2, -0.15) is 4.68 Å². The molecule has 0 amide bonds. The van der Waals surface area contributed by atoms with Crippen LogP contribution < -0.4 is 10.4 Å². The number of aryl methyl sites for hydroxylation is 1. The Hall–Kier alpha value is -0.830. The molecule has 0 saturated carbocycles. The molecule has 2 N–H and O–H groups in total. The fourth-order valence-electron chi connectivity index (χ4n) is 1.03. The van der Waals surface area contributed by atoms with Crippen LogP contribution in [0.1, 0.15) is 6.92 Å². The molecule has 0 unspecified atom stereocenters. The monoisotopic (exact) mass is 140 g/mol. The molecule has 0 aliphatic heterocycles. The first-order valence-corrected chi connectivity index (χ1v) is 3.63. The molecule has 0 bridgehead atoms. The van der Waals surface area contributed by atoms with Crippen molar-refractivity contribution in [3.8, 4) is 0 Å². The lowest BCUT2D eigenvalue weighted by Gasteiger charge is -1.96. The van der Waals surface area contributed by atoms with Crippen LogP contribution in [0, 0.1) is 0 Å². The fraction of sp³-hybridized carbons (Fsp3) is 0.571. The second kappa shape index (κ2) is 3.37. The van der Waals surface area contributed by atoms with Crippen molar-refractivity contribution in [2.24, 2.45) is 5.73 Å². The largest absolute Gasteiger partial charge is 0.325 e. The van der Waals surface area contributed by atoms with Crippen molar-refractivity contribution in [2.45, 2.75) is 20.0 Å². The zero-order chi connectivity index (χ0) is 7.40. The highest BCUT2D eigenvalue weighted by Gasteiger charge is 2.02. The Balaban J connectivity index is 2.70. The van der Waals surface area contributed by atoms with Gasteiger partial charge >= 0.3 is 0 Å². The highest BCUT2D eigenvalue weighted by Crippen LogP contribution is 1.80. The molecule has 0 aromatic carbocycles. The molecule has 1 aromatic heterocycles. The van der Waals surface area contributed by atoms with E-state index in [0.717, 1.165) is 13.1 Å². The first-order valence-electron chi connectivity index (χ1n) is 3.63. The van der Waals surface area contributed by atoms with E-state index in [0.29, 0.717) is 6.54 Å². The summed E-state index contributed by atoms with van der Waals surface area (Å²) in [5.74, 6) is 0. The van der Waals surface area contributed by atoms with Gasteiger partial charge in [-0.05, 0) is 6.92 Å². The number of hydrogen-bond donors (Lipinski definition) is 1. The smallest absolute Gasteiger partial charge is 0.195 e. The molecular formula is C7H14N3+. The van der Waals surface area contributed by atoms with Crippen LogP contribution in [0.3, 0.4) is 0 Å². The van der Waals surface area contributed by atoms with Crippen LogP contribution in [-0.4, -0.2) is 11.2 Å². The van der Waals surface area contributed by atoms with Crippen molar-refractivity contribution in [1.29, 1.82) is 0 Å². The highest BCUT2D eigenvalue weighted by atomic mass is 15.4. The van der Waals surface area contributed by atoms with E-state index in [1.165, 1.54) is 0 Å². The number of nitrogens with zero attached hydrogens (tertiary/aromatic N) is 2. The van der Waals surface area contributed by atoms with Gasteiger partial charge in [0.25, 0.3) is 0 Å². The lowest BCUT2D eigenvalue weighted by atomic mass is 10.6. The summed E-state index contributed by atoms with van der Waals surface area (Å²) in [5.41, 5.74) is 5.41. The average Bonchev–Trinajstić information content (AvgIpc) is 2.36. The Morgan fingerprint density at radius 2 is 2.40 bits per heavy atom. The maximum Gasteiger partial charge on any atom is 0.195 e.